The molecule has 0 radical (unpaired) electrons. The number of rotatable bonds is 4. The SMILES string of the molecule is O=C(CC(S)(C1=CC(Cl)=CC(Cl)C1)C(F)(F)F)c1ccc(F)c(Cl)c1. The maximum Gasteiger partial charge on any atom is 0.407 e. The number of benzene rings is 1. The van der Waals surface area contributed by atoms with Crippen molar-refractivity contribution in [1.29, 1.82) is 0 Å². The van der Waals surface area contributed by atoms with Crippen molar-refractivity contribution in [2.45, 2.75) is 29.1 Å². The molecule has 1 aromatic carbocycles. The fourth-order valence-electron chi connectivity index (χ4n) is 2.40. The first-order valence-corrected chi connectivity index (χ1v) is 8.58. The zero-order valence-electron chi connectivity index (χ0n) is 12.4. The molecule has 0 N–H and O–H groups in total. The predicted octanol–water partition coefficient (Wildman–Crippen LogP) is 6.34. The third-order valence-electron chi connectivity index (χ3n) is 3.73. The molecule has 1 aliphatic rings. The van der Waals surface area contributed by atoms with Gasteiger partial charge in [0.1, 0.15) is 10.6 Å². The maximum absolute atomic E-state index is 13.7. The summed E-state index contributed by atoms with van der Waals surface area (Å²) >= 11 is 21.1. The van der Waals surface area contributed by atoms with E-state index in [0.29, 0.717) is 0 Å². The Morgan fingerprint density at radius 1 is 1.28 bits per heavy atom. The van der Waals surface area contributed by atoms with Crippen LogP contribution in [-0.4, -0.2) is 22.1 Å². The van der Waals surface area contributed by atoms with Crippen LogP contribution in [0.25, 0.3) is 0 Å². The molecule has 0 amide bonds. The third-order valence-corrected chi connectivity index (χ3v) is 5.23. The number of halogens is 7. The van der Waals surface area contributed by atoms with E-state index in [2.05, 4.69) is 12.6 Å². The Morgan fingerprint density at radius 3 is 2.44 bits per heavy atom. The molecule has 0 spiro atoms. The number of thiol groups is 1. The second-order valence-electron chi connectivity index (χ2n) is 5.53. The minimum atomic E-state index is -4.84. The van der Waals surface area contributed by atoms with Gasteiger partial charge >= 0.3 is 6.18 Å². The van der Waals surface area contributed by atoms with Crippen LogP contribution in [0.3, 0.4) is 0 Å². The largest absolute Gasteiger partial charge is 0.407 e. The summed E-state index contributed by atoms with van der Waals surface area (Å²) in [5.41, 5.74) is -0.355. The van der Waals surface area contributed by atoms with Crippen molar-refractivity contribution in [3.63, 3.8) is 0 Å². The molecule has 0 heterocycles. The molecule has 2 unspecified atom stereocenters. The summed E-state index contributed by atoms with van der Waals surface area (Å²) in [6, 6.07) is 2.97. The van der Waals surface area contributed by atoms with Crippen molar-refractivity contribution in [2.75, 3.05) is 0 Å². The van der Waals surface area contributed by atoms with Gasteiger partial charge in [-0.25, -0.2) is 4.39 Å². The average Bonchev–Trinajstić information content (AvgIpc) is 2.47. The quantitative estimate of drug-likeness (QED) is 0.254. The molecular formula is C16H11Cl3F4OS. The highest BCUT2D eigenvalue weighted by Crippen LogP contribution is 2.48. The molecule has 0 fully saturated rings. The molecule has 0 aromatic heterocycles. The summed E-state index contributed by atoms with van der Waals surface area (Å²) in [5, 5.41) is -1.05. The Labute approximate surface area is 162 Å². The van der Waals surface area contributed by atoms with Gasteiger partial charge in [0.2, 0.25) is 0 Å². The van der Waals surface area contributed by atoms with Crippen molar-refractivity contribution in [1.82, 2.24) is 0 Å². The van der Waals surface area contributed by atoms with Gasteiger partial charge in [-0.3, -0.25) is 4.79 Å². The van der Waals surface area contributed by atoms with Gasteiger partial charge in [-0.2, -0.15) is 25.8 Å². The highest BCUT2D eigenvalue weighted by Gasteiger charge is 2.56. The topological polar surface area (TPSA) is 17.1 Å². The van der Waals surface area contributed by atoms with Gasteiger partial charge in [-0.1, -0.05) is 23.2 Å². The molecule has 2 rings (SSSR count). The van der Waals surface area contributed by atoms with Crippen LogP contribution in [0.15, 0.2) is 41.0 Å². The Kier molecular flexibility index (Phi) is 6.19. The first kappa shape index (κ1) is 20.6. The maximum atomic E-state index is 13.7. The van der Waals surface area contributed by atoms with Gasteiger partial charge in [0.25, 0.3) is 0 Å². The molecule has 0 aliphatic heterocycles. The summed E-state index contributed by atoms with van der Waals surface area (Å²) in [5.74, 6) is -1.66. The molecule has 0 bridgehead atoms. The lowest BCUT2D eigenvalue weighted by Gasteiger charge is -2.35. The lowest BCUT2D eigenvalue weighted by molar-refractivity contribution is -0.149. The Morgan fingerprint density at radius 2 is 1.92 bits per heavy atom. The number of hydrogen-bond donors (Lipinski definition) is 1. The van der Waals surface area contributed by atoms with E-state index in [9.17, 15) is 22.4 Å². The van der Waals surface area contributed by atoms with Crippen LogP contribution in [0, 0.1) is 5.82 Å². The number of Topliss-reactive ketones (excluding diaryl/α,β-unsaturated/α-hetero) is 1. The number of ketones is 1. The van der Waals surface area contributed by atoms with Gasteiger partial charge in [0.05, 0.1) is 10.4 Å². The molecular weight excluding hydrogens is 423 g/mol. The normalized spacial score (nSPS) is 20.6. The van der Waals surface area contributed by atoms with Crippen molar-refractivity contribution >= 4 is 53.2 Å². The predicted molar refractivity (Wildman–Crippen MR) is 94.4 cm³/mol. The summed E-state index contributed by atoms with van der Waals surface area (Å²) in [4.78, 5) is 12.3. The Hall–Kier alpha value is -0.690. The van der Waals surface area contributed by atoms with E-state index < -0.39 is 34.3 Å². The van der Waals surface area contributed by atoms with Crippen LogP contribution in [0.1, 0.15) is 23.2 Å². The molecule has 1 aromatic rings. The van der Waals surface area contributed by atoms with E-state index >= 15 is 0 Å². The number of hydrogen-bond acceptors (Lipinski definition) is 2. The van der Waals surface area contributed by atoms with Crippen LogP contribution < -0.4 is 0 Å². The minimum Gasteiger partial charge on any atom is -0.294 e. The first-order chi connectivity index (χ1) is 11.4. The molecule has 0 saturated heterocycles. The van der Waals surface area contributed by atoms with E-state index in [0.717, 1.165) is 24.3 Å². The van der Waals surface area contributed by atoms with Gasteiger partial charge in [-0.05, 0) is 42.3 Å². The van der Waals surface area contributed by atoms with Gasteiger partial charge in [0, 0.05) is 17.0 Å². The number of allylic oxidation sites excluding steroid dienone is 3. The van der Waals surface area contributed by atoms with E-state index in [1.54, 1.807) is 0 Å². The molecule has 25 heavy (non-hydrogen) atoms. The zero-order valence-corrected chi connectivity index (χ0v) is 15.5. The van der Waals surface area contributed by atoms with Crippen molar-refractivity contribution < 1.29 is 22.4 Å². The third kappa shape index (κ3) is 4.54. The highest BCUT2D eigenvalue weighted by atomic mass is 35.5. The van der Waals surface area contributed by atoms with Crippen LogP contribution >= 0.6 is 47.4 Å². The summed E-state index contributed by atoms with van der Waals surface area (Å²) in [6.07, 6.45) is -3.48. The lowest BCUT2D eigenvalue weighted by Crippen LogP contribution is -2.44. The van der Waals surface area contributed by atoms with Crippen LogP contribution in [0.4, 0.5) is 17.6 Å². The number of carbonyl (C=O) groups is 1. The van der Waals surface area contributed by atoms with Crippen LogP contribution in [0.2, 0.25) is 5.02 Å². The van der Waals surface area contributed by atoms with Crippen LogP contribution in [0.5, 0.6) is 0 Å². The zero-order chi connectivity index (χ0) is 19.0. The average molecular weight is 434 g/mol. The smallest absolute Gasteiger partial charge is 0.294 e. The lowest BCUT2D eigenvalue weighted by atomic mass is 9.85. The molecule has 9 heteroatoms. The van der Waals surface area contributed by atoms with E-state index in [4.69, 9.17) is 34.8 Å². The molecule has 1 nitrogen and oxygen atoms in total. The first-order valence-electron chi connectivity index (χ1n) is 6.94. The van der Waals surface area contributed by atoms with Gasteiger partial charge < -0.3 is 0 Å². The summed E-state index contributed by atoms with van der Waals surface area (Å²) in [7, 11) is 0. The fraction of sp³-hybridized carbons (Fsp3) is 0.312. The molecule has 2 atom stereocenters. The van der Waals surface area contributed by atoms with Gasteiger partial charge in [-0.15, -0.1) is 11.6 Å². The Balaban J connectivity index is 2.40. The second kappa shape index (κ2) is 7.51. The van der Waals surface area contributed by atoms with E-state index in [1.807, 2.05) is 0 Å². The molecule has 0 saturated carbocycles. The molecule has 1 aliphatic carbocycles. The summed E-state index contributed by atoms with van der Waals surface area (Å²) in [6.45, 7) is 0. The molecule has 136 valence electrons. The standard InChI is InChI=1S/C16H11Cl3F4OS/c17-10-4-9(5-11(18)6-10)15(25,16(21,22)23)7-14(24)8-1-2-13(20)12(19)3-8/h1-4,6,11,25H,5,7H2. The minimum absolute atomic E-state index is 0.0428. The highest BCUT2D eigenvalue weighted by molar-refractivity contribution is 7.82. The second-order valence-corrected chi connectivity index (χ2v) is 7.70. The van der Waals surface area contributed by atoms with E-state index in [-0.39, 0.29) is 27.6 Å². The van der Waals surface area contributed by atoms with Crippen molar-refractivity contribution in [3.8, 4) is 0 Å². The van der Waals surface area contributed by atoms with Crippen molar-refractivity contribution in [2.24, 2.45) is 0 Å². The van der Waals surface area contributed by atoms with Gasteiger partial charge in [0.15, 0.2) is 5.78 Å². The van der Waals surface area contributed by atoms with E-state index in [1.165, 1.54) is 6.08 Å². The Bertz CT molecular complexity index is 760. The fourth-order valence-corrected chi connectivity index (χ4v) is 3.53. The monoisotopic (exact) mass is 432 g/mol. The van der Waals surface area contributed by atoms with Crippen molar-refractivity contribution in [3.05, 3.63) is 57.4 Å². The number of alkyl halides is 4. The number of carbonyl (C=O) groups excluding carboxylic acids is 1. The summed E-state index contributed by atoms with van der Waals surface area (Å²) < 4.78 is 51.5. The van der Waals surface area contributed by atoms with Crippen LogP contribution in [-0.2, 0) is 0 Å².